The van der Waals surface area contributed by atoms with E-state index >= 15 is 0 Å². The highest BCUT2D eigenvalue weighted by Crippen LogP contribution is 2.28. The summed E-state index contributed by atoms with van der Waals surface area (Å²) < 4.78 is 25.0. The molecule has 1 aromatic heterocycles. The summed E-state index contributed by atoms with van der Waals surface area (Å²) in [4.78, 5) is 16.9. The van der Waals surface area contributed by atoms with Crippen LogP contribution in [0.1, 0.15) is 52.4 Å². The fourth-order valence-corrected chi connectivity index (χ4v) is 4.02. The lowest BCUT2D eigenvalue weighted by Gasteiger charge is -2.32. The zero-order chi connectivity index (χ0) is 23.1. The van der Waals surface area contributed by atoms with Crippen LogP contribution in [-0.2, 0) is 4.79 Å². The van der Waals surface area contributed by atoms with E-state index in [0.29, 0.717) is 36.0 Å². The molecule has 1 saturated carbocycles. The van der Waals surface area contributed by atoms with Crippen molar-refractivity contribution < 1.29 is 18.7 Å². The standard InChI is InChI=1S/C24H29Cl2FN2O3/c1-24(2,10-3-11-31-19-8-9-21(26)22(27)13-19)23(30)29-17-4-6-18(7-5-17)32-20-12-16(25)14-28-15-20/h8-9,12-15,17-18H,3-7,10-11H2,1-2H3,(H,29,30)/t17-,18-. The largest absolute Gasteiger partial charge is 0.493 e. The summed E-state index contributed by atoms with van der Waals surface area (Å²) in [6.45, 7) is 4.27. The quantitative estimate of drug-likeness (QED) is 0.431. The molecule has 1 aliphatic rings. The van der Waals surface area contributed by atoms with Crippen molar-refractivity contribution in [2.75, 3.05) is 6.61 Å². The molecule has 0 aliphatic heterocycles. The van der Waals surface area contributed by atoms with E-state index in [1.807, 2.05) is 13.8 Å². The molecule has 1 fully saturated rings. The first kappa shape index (κ1) is 24.6. The Hall–Kier alpha value is -2.05. The van der Waals surface area contributed by atoms with Crippen molar-refractivity contribution >= 4 is 29.1 Å². The van der Waals surface area contributed by atoms with Gasteiger partial charge in [0.2, 0.25) is 5.91 Å². The molecule has 8 heteroatoms. The Bertz CT molecular complexity index is 918. The van der Waals surface area contributed by atoms with Gasteiger partial charge in [0.1, 0.15) is 17.3 Å². The van der Waals surface area contributed by atoms with Crippen molar-refractivity contribution in [2.24, 2.45) is 5.41 Å². The number of carbonyl (C=O) groups excluding carboxylic acids is 1. The third kappa shape index (κ3) is 7.24. The van der Waals surface area contributed by atoms with E-state index in [1.54, 1.807) is 24.5 Å². The predicted molar refractivity (Wildman–Crippen MR) is 124 cm³/mol. The average Bonchev–Trinajstić information content (AvgIpc) is 2.75. The molecule has 0 unspecified atom stereocenters. The second kappa shape index (κ2) is 11.2. The smallest absolute Gasteiger partial charge is 0.225 e. The van der Waals surface area contributed by atoms with Crippen LogP contribution in [0.3, 0.4) is 0 Å². The van der Waals surface area contributed by atoms with Crippen LogP contribution in [0.2, 0.25) is 10.0 Å². The molecule has 2 aromatic rings. The molecule has 0 radical (unpaired) electrons. The van der Waals surface area contributed by atoms with Gasteiger partial charge in [-0.2, -0.15) is 0 Å². The van der Waals surface area contributed by atoms with Crippen LogP contribution in [0.25, 0.3) is 0 Å². The molecule has 174 valence electrons. The van der Waals surface area contributed by atoms with Gasteiger partial charge in [-0.05, 0) is 50.7 Å². The molecule has 0 spiro atoms. The number of carbonyl (C=O) groups is 1. The fourth-order valence-electron chi connectivity index (χ4n) is 3.74. The number of rotatable bonds is 9. The summed E-state index contributed by atoms with van der Waals surface area (Å²) in [6, 6.07) is 6.27. The van der Waals surface area contributed by atoms with Crippen LogP contribution < -0.4 is 14.8 Å². The summed E-state index contributed by atoms with van der Waals surface area (Å²) in [6.07, 6.45) is 8.14. The summed E-state index contributed by atoms with van der Waals surface area (Å²) in [5.74, 6) is 0.642. The first-order chi connectivity index (χ1) is 15.2. The molecule has 0 bridgehead atoms. The number of ether oxygens (including phenoxy) is 2. The molecular weight excluding hydrogens is 454 g/mol. The molecule has 5 nitrogen and oxygen atoms in total. The van der Waals surface area contributed by atoms with Gasteiger partial charge in [-0.3, -0.25) is 9.78 Å². The first-order valence-electron chi connectivity index (χ1n) is 10.9. The maximum absolute atomic E-state index is 13.5. The van der Waals surface area contributed by atoms with E-state index in [0.717, 1.165) is 25.7 Å². The van der Waals surface area contributed by atoms with Crippen molar-refractivity contribution in [1.82, 2.24) is 10.3 Å². The molecular formula is C24H29Cl2FN2O3. The second-order valence-electron chi connectivity index (χ2n) is 8.82. The summed E-state index contributed by atoms with van der Waals surface area (Å²) >= 11 is 11.6. The summed E-state index contributed by atoms with van der Waals surface area (Å²) in [5.41, 5.74) is -0.519. The highest BCUT2D eigenvalue weighted by molar-refractivity contribution is 6.30. The Kier molecular flexibility index (Phi) is 8.60. The zero-order valence-corrected chi connectivity index (χ0v) is 19.9. The Morgan fingerprint density at radius 2 is 1.91 bits per heavy atom. The normalized spacial score (nSPS) is 18.8. The van der Waals surface area contributed by atoms with Gasteiger partial charge in [0.15, 0.2) is 0 Å². The SMILES string of the molecule is CC(C)(CCCOc1ccc(Cl)c(F)c1)C(=O)N[C@H]1CC[C@H](Oc2cncc(Cl)c2)CC1. The minimum atomic E-state index is -0.519. The number of hydrogen-bond donors (Lipinski definition) is 1. The Labute approximate surface area is 198 Å². The average molecular weight is 483 g/mol. The highest BCUT2D eigenvalue weighted by Gasteiger charge is 2.31. The van der Waals surface area contributed by atoms with Crippen molar-refractivity contribution in [3.63, 3.8) is 0 Å². The maximum Gasteiger partial charge on any atom is 0.225 e. The highest BCUT2D eigenvalue weighted by atomic mass is 35.5. The first-order valence-corrected chi connectivity index (χ1v) is 11.6. The van der Waals surface area contributed by atoms with Gasteiger partial charge in [-0.15, -0.1) is 0 Å². The van der Waals surface area contributed by atoms with Gasteiger partial charge in [0.05, 0.1) is 29.0 Å². The number of halogens is 3. The number of aromatic nitrogens is 1. The molecule has 1 amide bonds. The van der Waals surface area contributed by atoms with E-state index in [4.69, 9.17) is 32.7 Å². The van der Waals surface area contributed by atoms with Crippen molar-refractivity contribution in [3.8, 4) is 11.5 Å². The van der Waals surface area contributed by atoms with Crippen LogP contribution in [0.4, 0.5) is 4.39 Å². The van der Waals surface area contributed by atoms with Gasteiger partial charge in [-0.1, -0.05) is 37.0 Å². The van der Waals surface area contributed by atoms with E-state index in [9.17, 15) is 9.18 Å². The monoisotopic (exact) mass is 482 g/mol. The van der Waals surface area contributed by atoms with Crippen LogP contribution >= 0.6 is 23.2 Å². The zero-order valence-electron chi connectivity index (χ0n) is 18.4. The Morgan fingerprint density at radius 3 is 2.59 bits per heavy atom. The molecule has 1 heterocycles. The number of pyridine rings is 1. The predicted octanol–water partition coefficient (Wildman–Crippen LogP) is 6.22. The van der Waals surface area contributed by atoms with Gasteiger partial charge in [-0.25, -0.2) is 4.39 Å². The maximum atomic E-state index is 13.5. The summed E-state index contributed by atoms with van der Waals surface area (Å²) in [7, 11) is 0. The number of nitrogens with one attached hydrogen (secondary N) is 1. The van der Waals surface area contributed by atoms with E-state index < -0.39 is 11.2 Å². The molecule has 0 saturated heterocycles. The lowest BCUT2D eigenvalue weighted by atomic mass is 9.85. The second-order valence-corrected chi connectivity index (χ2v) is 9.66. The lowest BCUT2D eigenvalue weighted by molar-refractivity contribution is -0.130. The Morgan fingerprint density at radius 1 is 1.16 bits per heavy atom. The minimum Gasteiger partial charge on any atom is -0.493 e. The van der Waals surface area contributed by atoms with Crippen molar-refractivity contribution in [2.45, 2.75) is 64.5 Å². The molecule has 32 heavy (non-hydrogen) atoms. The molecule has 1 aliphatic carbocycles. The van der Waals surface area contributed by atoms with Gasteiger partial charge < -0.3 is 14.8 Å². The van der Waals surface area contributed by atoms with Crippen LogP contribution in [-0.4, -0.2) is 29.6 Å². The number of nitrogens with zero attached hydrogens (tertiary/aromatic N) is 1. The lowest BCUT2D eigenvalue weighted by Crippen LogP contribution is -2.45. The fraction of sp³-hybridized carbons (Fsp3) is 0.500. The van der Waals surface area contributed by atoms with E-state index in [1.165, 1.54) is 12.1 Å². The van der Waals surface area contributed by atoms with E-state index in [-0.39, 0.29) is 23.1 Å². The van der Waals surface area contributed by atoms with E-state index in [2.05, 4.69) is 10.3 Å². The van der Waals surface area contributed by atoms with Crippen LogP contribution in [0, 0.1) is 11.2 Å². The van der Waals surface area contributed by atoms with Gasteiger partial charge in [0, 0.05) is 29.8 Å². The van der Waals surface area contributed by atoms with Gasteiger partial charge >= 0.3 is 0 Å². The van der Waals surface area contributed by atoms with Crippen LogP contribution in [0.5, 0.6) is 11.5 Å². The van der Waals surface area contributed by atoms with Crippen molar-refractivity contribution in [3.05, 3.63) is 52.5 Å². The van der Waals surface area contributed by atoms with Crippen molar-refractivity contribution in [1.29, 1.82) is 0 Å². The number of amides is 1. The molecule has 3 rings (SSSR count). The third-order valence-corrected chi connectivity index (χ3v) is 6.23. The third-order valence-electron chi connectivity index (χ3n) is 5.71. The van der Waals surface area contributed by atoms with Crippen LogP contribution in [0.15, 0.2) is 36.7 Å². The summed E-state index contributed by atoms with van der Waals surface area (Å²) in [5, 5.41) is 3.81. The number of benzene rings is 1. The van der Waals surface area contributed by atoms with Gasteiger partial charge in [0.25, 0.3) is 0 Å². The Balaban J connectivity index is 1.37. The minimum absolute atomic E-state index is 0.0402. The topological polar surface area (TPSA) is 60.5 Å². The number of hydrogen-bond acceptors (Lipinski definition) is 4. The molecule has 0 atom stereocenters. The molecule has 1 N–H and O–H groups in total. The molecule has 1 aromatic carbocycles.